The molecule has 1 aromatic heterocycles. The van der Waals surface area contributed by atoms with Crippen molar-refractivity contribution in [1.29, 1.82) is 0 Å². The van der Waals surface area contributed by atoms with Crippen LogP contribution in [0.1, 0.15) is 52.7 Å². The molecule has 23 heavy (non-hydrogen) atoms. The lowest BCUT2D eigenvalue weighted by Crippen LogP contribution is -2.49. The second-order valence-electron chi connectivity index (χ2n) is 6.36. The lowest BCUT2D eigenvalue weighted by molar-refractivity contribution is -0.135. The molecular weight excluding hydrogens is 332 g/mol. The van der Waals surface area contributed by atoms with Crippen LogP contribution >= 0.6 is 23.7 Å². The number of halogens is 1. The first-order valence-corrected chi connectivity index (χ1v) is 8.83. The molecule has 0 saturated carbocycles. The molecule has 2 unspecified atom stereocenters. The first kappa shape index (κ1) is 20.1. The summed E-state index contributed by atoms with van der Waals surface area (Å²) in [5, 5.41) is 0. The lowest BCUT2D eigenvalue weighted by Gasteiger charge is -2.38. The topological polar surface area (TPSA) is 63.4 Å². The maximum atomic E-state index is 12.4. The van der Waals surface area contributed by atoms with Crippen LogP contribution in [-0.2, 0) is 4.79 Å². The van der Waals surface area contributed by atoms with Gasteiger partial charge in [0.05, 0.1) is 0 Å². The van der Waals surface area contributed by atoms with E-state index in [1.54, 1.807) is 11.3 Å². The Balaban J connectivity index is 0.00000264. The molecule has 2 heterocycles. The fraction of sp³-hybridized carbons (Fsp3) is 0.647. The predicted octanol–water partition coefficient (Wildman–Crippen LogP) is 3.34. The predicted molar refractivity (Wildman–Crippen MR) is 97.6 cm³/mol. The van der Waals surface area contributed by atoms with Gasteiger partial charge in [-0.25, -0.2) is 0 Å². The summed E-state index contributed by atoms with van der Waals surface area (Å²) in [7, 11) is 0. The molecule has 1 amide bonds. The third-order valence-electron chi connectivity index (χ3n) is 4.48. The number of Topliss-reactive ketones (excluding diaryl/α,β-unsaturated/α-hetero) is 1. The second-order valence-corrected chi connectivity index (χ2v) is 7.82. The smallest absolute Gasteiger partial charge is 0.223 e. The monoisotopic (exact) mass is 358 g/mol. The van der Waals surface area contributed by atoms with Crippen LogP contribution in [0.2, 0.25) is 0 Å². The first-order valence-electron chi connectivity index (χ1n) is 8.02. The minimum Gasteiger partial charge on any atom is -0.338 e. The zero-order chi connectivity index (χ0) is 16.3. The van der Waals surface area contributed by atoms with E-state index in [1.165, 1.54) is 0 Å². The molecule has 6 heteroatoms. The molecule has 1 aliphatic rings. The minimum absolute atomic E-state index is 0. The third kappa shape index (κ3) is 5.03. The number of nitrogens with zero attached hydrogens (tertiary/aromatic N) is 1. The molecular formula is C17H27ClN2O2S. The highest BCUT2D eigenvalue weighted by Crippen LogP contribution is 2.24. The van der Waals surface area contributed by atoms with Gasteiger partial charge in [-0.15, -0.1) is 23.7 Å². The number of carbonyl (C=O) groups is 2. The molecule has 130 valence electrons. The molecule has 0 bridgehead atoms. The number of carbonyl (C=O) groups excluding carboxylic acids is 2. The summed E-state index contributed by atoms with van der Waals surface area (Å²) in [6, 6.07) is 2.06. The zero-order valence-corrected chi connectivity index (χ0v) is 15.8. The average Bonchev–Trinajstić information content (AvgIpc) is 2.83. The Labute approximate surface area is 148 Å². The van der Waals surface area contributed by atoms with E-state index in [4.69, 9.17) is 5.73 Å². The molecule has 0 radical (unpaired) electrons. The molecule has 0 aliphatic carbocycles. The van der Waals surface area contributed by atoms with Gasteiger partial charge < -0.3 is 10.6 Å². The molecule has 1 aliphatic heterocycles. The van der Waals surface area contributed by atoms with Crippen LogP contribution in [0.4, 0.5) is 0 Å². The Bertz CT molecular complexity index is 559. The van der Waals surface area contributed by atoms with Gasteiger partial charge in [0.25, 0.3) is 0 Å². The van der Waals surface area contributed by atoms with Crippen molar-refractivity contribution in [3.05, 3.63) is 21.4 Å². The Morgan fingerprint density at radius 3 is 2.61 bits per heavy atom. The molecule has 1 aromatic rings. The van der Waals surface area contributed by atoms with Gasteiger partial charge in [0.2, 0.25) is 5.91 Å². The molecule has 1 fully saturated rings. The van der Waals surface area contributed by atoms with Gasteiger partial charge in [-0.1, -0.05) is 6.92 Å². The van der Waals surface area contributed by atoms with E-state index >= 15 is 0 Å². The molecule has 2 N–H and O–H groups in total. The van der Waals surface area contributed by atoms with E-state index in [1.807, 2.05) is 24.8 Å². The molecule has 1 saturated heterocycles. The Hall–Kier alpha value is -0.910. The van der Waals surface area contributed by atoms with Crippen molar-refractivity contribution >= 4 is 35.4 Å². The number of nitrogens with two attached hydrogens (primary N) is 1. The maximum absolute atomic E-state index is 12.4. The Morgan fingerprint density at radius 1 is 1.35 bits per heavy atom. The van der Waals surface area contributed by atoms with Gasteiger partial charge >= 0.3 is 0 Å². The van der Waals surface area contributed by atoms with Crippen LogP contribution in [0.25, 0.3) is 0 Å². The number of ketones is 1. The summed E-state index contributed by atoms with van der Waals surface area (Å²) in [5.41, 5.74) is 6.58. The number of hydrogen-bond acceptors (Lipinski definition) is 4. The number of hydrogen-bond donors (Lipinski definition) is 1. The fourth-order valence-corrected chi connectivity index (χ4v) is 4.15. The summed E-state index contributed by atoms with van der Waals surface area (Å²) >= 11 is 1.63. The summed E-state index contributed by atoms with van der Waals surface area (Å²) in [6.45, 7) is 7.44. The van der Waals surface area contributed by atoms with E-state index < -0.39 is 0 Å². The first-order chi connectivity index (χ1) is 10.4. The lowest BCUT2D eigenvalue weighted by atomic mass is 9.92. The molecule has 4 nitrogen and oxygen atoms in total. The normalized spacial score (nSPS) is 21.0. The Kier molecular flexibility index (Phi) is 7.71. The van der Waals surface area contributed by atoms with Crippen molar-refractivity contribution in [3.63, 3.8) is 0 Å². The van der Waals surface area contributed by atoms with Crippen molar-refractivity contribution in [2.45, 2.75) is 52.5 Å². The van der Waals surface area contributed by atoms with Crippen molar-refractivity contribution in [3.8, 4) is 0 Å². The fourth-order valence-electron chi connectivity index (χ4n) is 3.21. The summed E-state index contributed by atoms with van der Waals surface area (Å²) in [5.74, 6) is 0.765. The number of thiophene rings is 1. The molecule has 0 aromatic carbocycles. The van der Waals surface area contributed by atoms with Crippen molar-refractivity contribution < 1.29 is 9.59 Å². The number of amides is 1. The number of aryl methyl sites for hydroxylation is 2. The number of rotatable bonds is 5. The summed E-state index contributed by atoms with van der Waals surface area (Å²) in [6.07, 6.45) is 2.58. The molecule has 2 rings (SSSR count). The number of piperidine rings is 1. The highest BCUT2D eigenvalue weighted by atomic mass is 35.5. The quantitative estimate of drug-likeness (QED) is 0.821. The molecule has 0 spiro atoms. The van der Waals surface area contributed by atoms with Crippen LogP contribution in [0.15, 0.2) is 6.07 Å². The zero-order valence-electron chi connectivity index (χ0n) is 14.1. The van der Waals surface area contributed by atoms with Gasteiger partial charge in [0, 0.05) is 47.3 Å². The summed E-state index contributed by atoms with van der Waals surface area (Å²) in [4.78, 5) is 28.8. The third-order valence-corrected chi connectivity index (χ3v) is 5.44. The van der Waals surface area contributed by atoms with Crippen molar-refractivity contribution in [2.24, 2.45) is 11.7 Å². The maximum Gasteiger partial charge on any atom is 0.223 e. The van der Waals surface area contributed by atoms with Crippen molar-refractivity contribution in [1.82, 2.24) is 4.90 Å². The van der Waals surface area contributed by atoms with Crippen LogP contribution < -0.4 is 5.73 Å². The largest absolute Gasteiger partial charge is 0.338 e. The van der Waals surface area contributed by atoms with Gasteiger partial charge in [-0.3, -0.25) is 9.59 Å². The van der Waals surface area contributed by atoms with Crippen LogP contribution in [0.3, 0.4) is 0 Å². The standard InChI is InChI=1S/C17H26N2O2S.ClH/c1-11-6-7-19(14(8-11)10-18)17(21)5-4-16(20)15-9-12(2)22-13(15)3;/h9,11,14H,4-8,10,18H2,1-3H3;1H. The van der Waals surface area contributed by atoms with E-state index in [2.05, 4.69) is 6.92 Å². The van der Waals surface area contributed by atoms with Gasteiger partial charge in [-0.2, -0.15) is 0 Å². The highest BCUT2D eigenvalue weighted by Gasteiger charge is 2.29. The Morgan fingerprint density at radius 2 is 2.04 bits per heavy atom. The average molecular weight is 359 g/mol. The highest BCUT2D eigenvalue weighted by molar-refractivity contribution is 7.12. The van der Waals surface area contributed by atoms with E-state index in [-0.39, 0.29) is 36.6 Å². The number of likely N-dealkylation sites (tertiary alicyclic amines) is 1. The van der Waals surface area contributed by atoms with Gasteiger partial charge in [0.1, 0.15) is 0 Å². The van der Waals surface area contributed by atoms with Crippen LogP contribution in [0.5, 0.6) is 0 Å². The SMILES string of the molecule is Cc1cc(C(=O)CCC(=O)N2CCC(C)CC2CN)c(C)s1.Cl. The minimum atomic E-state index is 0. The van der Waals surface area contributed by atoms with E-state index in [0.717, 1.165) is 34.7 Å². The van der Waals surface area contributed by atoms with Crippen LogP contribution in [-0.4, -0.2) is 35.7 Å². The van der Waals surface area contributed by atoms with E-state index in [9.17, 15) is 9.59 Å². The van der Waals surface area contributed by atoms with Gasteiger partial charge in [0.15, 0.2) is 5.78 Å². The van der Waals surface area contributed by atoms with Crippen LogP contribution in [0, 0.1) is 19.8 Å². The summed E-state index contributed by atoms with van der Waals surface area (Å²) < 4.78 is 0. The molecule has 2 atom stereocenters. The second kappa shape index (κ2) is 8.81. The van der Waals surface area contributed by atoms with Gasteiger partial charge in [-0.05, 0) is 38.7 Å². The van der Waals surface area contributed by atoms with Crippen molar-refractivity contribution in [2.75, 3.05) is 13.1 Å². The van der Waals surface area contributed by atoms with E-state index in [0.29, 0.717) is 18.9 Å².